The van der Waals surface area contributed by atoms with Gasteiger partial charge in [0.1, 0.15) is 5.75 Å². The van der Waals surface area contributed by atoms with Gasteiger partial charge in [0.15, 0.2) is 5.78 Å². The van der Waals surface area contributed by atoms with Gasteiger partial charge < -0.3 is 10.5 Å². The lowest BCUT2D eigenvalue weighted by molar-refractivity contribution is 0.0997. The van der Waals surface area contributed by atoms with E-state index in [0.29, 0.717) is 0 Å². The number of Topliss-reactive ketones (excluding diaryl/α,β-unsaturated/α-hetero) is 1. The molecule has 0 atom stereocenters. The van der Waals surface area contributed by atoms with Crippen LogP contribution in [0.25, 0.3) is 0 Å². The summed E-state index contributed by atoms with van der Waals surface area (Å²) in [5.74, 6) is -0.480. The van der Waals surface area contributed by atoms with Crippen LogP contribution in [-0.2, 0) is 0 Å². The summed E-state index contributed by atoms with van der Waals surface area (Å²) in [4.78, 5) is 11.3. The zero-order valence-electron chi connectivity index (χ0n) is 9.09. The van der Waals surface area contributed by atoms with Gasteiger partial charge in [-0.05, 0) is 26.0 Å². The number of anilines is 1. The molecule has 0 radical (unpaired) electrons. The molecule has 0 fully saturated rings. The van der Waals surface area contributed by atoms with E-state index in [2.05, 4.69) is 0 Å². The van der Waals surface area contributed by atoms with E-state index in [0.717, 1.165) is 0 Å². The van der Waals surface area contributed by atoms with Gasteiger partial charge in [-0.25, -0.2) is 8.78 Å². The number of benzene rings is 1. The topological polar surface area (TPSA) is 52.3 Å². The molecule has 0 heterocycles. The van der Waals surface area contributed by atoms with Gasteiger partial charge in [0.2, 0.25) is 0 Å². The maximum absolute atomic E-state index is 12.9. The van der Waals surface area contributed by atoms with E-state index in [4.69, 9.17) is 10.5 Å². The first-order chi connectivity index (χ1) is 7.49. The van der Waals surface area contributed by atoms with Crippen molar-refractivity contribution in [2.75, 3.05) is 12.3 Å². The molecule has 16 heavy (non-hydrogen) atoms. The third-order valence-electron chi connectivity index (χ3n) is 2.11. The Bertz CT molecular complexity index is 405. The first-order valence-corrected chi connectivity index (χ1v) is 4.83. The van der Waals surface area contributed by atoms with Crippen LogP contribution in [0.3, 0.4) is 0 Å². The van der Waals surface area contributed by atoms with Gasteiger partial charge in [0.05, 0.1) is 17.7 Å². The Kier molecular flexibility index (Phi) is 3.82. The SMILES string of the molecule is CCOc1ccc(N)c(C(C)=O)c1C(F)F. The van der Waals surface area contributed by atoms with Crippen LogP contribution in [0.1, 0.15) is 36.2 Å². The molecular weight excluding hydrogens is 216 g/mol. The Balaban J connectivity index is 3.43. The van der Waals surface area contributed by atoms with Gasteiger partial charge in [-0.3, -0.25) is 4.79 Å². The lowest BCUT2D eigenvalue weighted by atomic mass is 10.0. The maximum Gasteiger partial charge on any atom is 0.268 e. The van der Waals surface area contributed by atoms with E-state index < -0.39 is 17.8 Å². The van der Waals surface area contributed by atoms with Gasteiger partial charge in [-0.15, -0.1) is 0 Å². The monoisotopic (exact) mass is 229 g/mol. The smallest absolute Gasteiger partial charge is 0.268 e. The number of halogens is 2. The summed E-state index contributed by atoms with van der Waals surface area (Å²) in [5, 5.41) is 0. The normalized spacial score (nSPS) is 10.6. The second kappa shape index (κ2) is 4.92. The van der Waals surface area contributed by atoms with E-state index in [1.807, 2.05) is 0 Å². The number of ketones is 1. The number of carbonyl (C=O) groups excluding carboxylic acids is 1. The van der Waals surface area contributed by atoms with Crippen molar-refractivity contribution in [3.63, 3.8) is 0 Å². The minimum atomic E-state index is -2.79. The van der Waals surface area contributed by atoms with Crippen LogP contribution in [0, 0.1) is 0 Å². The van der Waals surface area contributed by atoms with Crippen molar-refractivity contribution >= 4 is 11.5 Å². The van der Waals surface area contributed by atoms with E-state index in [-0.39, 0.29) is 23.6 Å². The number of hydrogen-bond acceptors (Lipinski definition) is 3. The molecule has 3 nitrogen and oxygen atoms in total. The lowest BCUT2D eigenvalue weighted by Gasteiger charge is -2.14. The summed E-state index contributed by atoms with van der Waals surface area (Å²) in [5.41, 5.74) is 4.99. The maximum atomic E-state index is 12.9. The number of nitrogens with two attached hydrogens (primary N) is 1. The highest BCUT2D eigenvalue weighted by atomic mass is 19.3. The second-order valence-corrected chi connectivity index (χ2v) is 3.23. The molecule has 0 spiro atoms. The van der Waals surface area contributed by atoms with Crippen LogP contribution in [0.15, 0.2) is 12.1 Å². The molecule has 0 aliphatic rings. The van der Waals surface area contributed by atoms with Gasteiger partial charge in [-0.1, -0.05) is 0 Å². The Labute approximate surface area is 92.2 Å². The molecule has 0 bridgehead atoms. The minimum absolute atomic E-state index is 0.0110. The summed E-state index contributed by atoms with van der Waals surface area (Å²) >= 11 is 0. The minimum Gasteiger partial charge on any atom is -0.493 e. The Morgan fingerprint density at radius 2 is 2.12 bits per heavy atom. The highest BCUT2D eigenvalue weighted by molar-refractivity contribution is 6.01. The molecule has 0 saturated heterocycles. The van der Waals surface area contributed by atoms with E-state index >= 15 is 0 Å². The summed E-state index contributed by atoms with van der Waals surface area (Å²) in [6.45, 7) is 3.13. The standard InChI is InChI=1S/C11H13F2NO2/c1-3-16-8-5-4-7(14)9(6(2)15)10(8)11(12)13/h4-5,11H,3,14H2,1-2H3. The van der Waals surface area contributed by atoms with Crippen molar-refractivity contribution < 1.29 is 18.3 Å². The molecule has 0 aliphatic heterocycles. The van der Waals surface area contributed by atoms with Crippen LogP contribution in [-0.4, -0.2) is 12.4 Å². The molecule has 5 heteroatoms. The lowest BCUT2D eigenvalue weighted by Crippen LogP contribution is -2.08. The van der Waals surface area contributed by atoms with Crippen molar-refractivity contribution in [3.8, 4) is 5.75 Å². The summed E-state index contributed by atoms with van der Waals surface area (Å²) in [7, 11) is 0. The highest BCUT2D eigenvalue weighted by Crippen LogP contribution is 2.35. The number of carbonyl (C=O) groups is 1. The summed E-state index contributed by atoms with van der Waals surface area (Å²) in [6, 6.07) is 2.75. The Hall–Kier alpha value is -1.65. The van der Waals surface area contributed by atoms with Crippen molar-refractivity contribution in [2.24, 2.45) is 0 Å². The molecular formula is C11H13F2NO2. The van der Waals surface area contributed by atoms with Crippen LogP contribution in [0.2, 0.25) is 0 Å². The predicted molar refractivity (Wildman–Crippen MR) is 57.0 cm³/mol. The number of hydrogen-bond donors (Lipinski definition) is 1. The summed E-state index contributed by atoms with van der Waals surface area (Å²) in [6.07, 6.45) is -2.79. The quantitative estimate of drug-likeness (QED) is 0.638. The van der Waals surface area contributed by atoms with Gasteiger partial charge in [0.25, 0.3) is 6.43 Å². The number of rotatable bonds is 4. The van der Waals surface area contributed by atoms with Crippen molar-refractivity contribution in [1.82, 2.24) is 0 Å². The highest BCUT2D eigenvalue weighted by Gasteiger charge is 2.23. The Morgan fingerprint density at radius 3 is 2.56 bits per heavy atom. The third kappa shape index (κ3) is 2.29. The van der Waals surface area contributed by atoms with E-state index in [1.165, 1.54) is 19.1 Å². The van der Waals surface area contributed by atoms with E-state index in [9.17, 15) is 13.6 Å². The molecule has 1 aromatic rings. The van der Waals surface area contributed by atoms with Crippen molar-refractivity contribution in [3.05, 3.63) is 23.3 Å². The van der Waals surface area contributed by atoms with Crippen LogP contribution in [0.5, 0.6) is 5.75 Å². The first kappa shape index (κ1) is 12.4. The largest absolute Gasteiger partial charge is 0.493 e. The summed E-state index contributed by atoms with van der Waals surface area (Å²) < 4.78 is 30.8. The molecule has 2 N–H and O–H groups in total. The zero-order valence-corrected chi connectivity index (χ0v) is 9.09. The second-order valence-electron chi connectivity index (χ2n) is 3.23. The molecule has 0 saturated carbocycles. The molecule has 0 aromatic heterocycles. The molecule has 1 rings (SSSR count). The van der Waals surface area contributed by atoms with Crippen LogP contribution >= 0.6 is 0 Å². The van der Waals surface area contributed by atoms with Gasteiger partial charge in [-0.2, -0.15) is 0 Å². The van der Waals surface area contributed by atoms with Gasteiger partial charge in [0, 0.05) is 5.69 Å². The zero-order chi connectivity index (χ0) is 12.3. The number of alkyl halides is 2. The first-order valence-electron chi connectivity index (χ1n) is 4.83. The average Bonchev–Trinajstić information content (AvgIpc) is 2.19. The fraction of sp³-hybridized carbons (Fsp3) is 0.364. The van der Waals surface area contributed by atoms with Crippen molar-refractivity contribution in [2.45, 2.75) is 20.3 Å². The fourth-order valence-electron chi connectivity index (χ4n) is 1.51. The van der Waals surface area contributed by atoms with E-state index in [1.54, 1.807) is 6.92 Å². The fourth-order valence-corrected chi connectivity index (χ4v) is 1.51. The molecule has 88 valence electrons. The molecule has 0 unspecified atom stereocenters. The van der Waals surface area contributed by atoms with Crippen LogP contribution in [0.4, 0.5) is 14.5 Å². The molecule has 0 aliphatic carbocycles. The molecule has 0 amide bonds. The number of ether oxygens (including phenoxy) is 1. The average molecular weight is 229 g/mol. The van der Waals surface area contributed by atoms with Gasteiger partial charge >= 0.3 is 0 Å². The predicted octanol–water partition coefficient (Wildman–Crippen LogP) is 2.81. The third-order valence-corrected chi connectivity index (χ3v) is 2.11. The molecule has 1 aromatic carbocycles. The van der Waals surface area contributed by atoms with Crippen LogP contribution < -0.4 is 10.5 Å². The Morgan fingerprint density at radius 1 is 1.50 bits per heavy atom. The number of nitrogen functional groups attached to an aromatic ring is 1. The van der Waals surface area contributed by atoms with Crippen molar-refractivity contribution in [1.29, 1.82) is 0 Å².